The maximum Gasteiger partial charge on any atom is 0.156 e. The van der Waals surface area contributed by atoms with Crippen LogP contribution < -0.4 is 5.73 Å². The van der Waals surface area contributed by atoms with Crippen molar-refractivity contribution in [1.29, 1.82) is 0 Å². The fraction of sp³-hybridized carbons (Fsp3) is 0.125. The monoisotopic (exact) mass is 224 g/mol. The lowest BCUT2D eigenvalue weighted by atomic mass is 10.6. The summed E-state index contributed by atoms with van der Waals surface area (Å²) in [6.07, 6.45) is 3.22. The highest BCUT2D eigenvalue weighted by Crippen LogP contribution is 2.23. The molecule has 2 N–H and O–H groups in total. The molecule has 0 aliphatic rings. The van der Waals surface area contributed by atoms with Gasteiger partial charge in [-0.15, -0.1) is 11.3 Å². The van der Waals surface area contributed by atoms with Gasteiger partial charge in [0.2, 0.25) is 0 Å². The van der Waals surface area contributed by atoms with Gasteiger partial charge in [0, 0.05) is 23.5 Å². The molecule has 72 valence electrons. The van der Waals surface area contributed by atoms with Crippen molar-refractivity contribution < 1.29 is 0 Å². The Balaban J connectivity index is 2.02. The number of hydrogen-bond acceptors (Lipinski definition) is 6. The molecule has 2 aromatic rings. The predicted molar refractivity (Wildman–Crippen MR) is 58.1 cm³/mol. The molecule has 0 atom stereocenters. The van der Waals surface area contributed by atoms with Crippen molar-refractivity contribution in [2.45, 2.75) is 10.8 Å². The highest BCUT2D eigenvalue weighted by molar-refractivity contribution is 7.98. The summed E-state index contributed by atoms with van der Waals surface area (Å²) in [7, 11) is 0. The largest absolute Gasteiger partial charge is 0.381 e. The van der Waals surface area contributed by atoms with E-state index in [2.05, 4.69) is 15.0 Å². The summed E-state index contributed by atoms with van der Waals surface area (Å²) in [5.74, 6) is 1.26. The van der Waals surface area contributed by atoms with Crippen LogP contribution in [0, 0.1) is 0 Å². The van der Waals surface area contributed by atoms with Gasteiger partial charge in [-0.2, -0.15) is 0 Å². The van der Waals surface area contributed by atoms with Crippen LogP contribution in [0.2, 0.25) is 0 Å². The van der Waals surface area contributed by atoms with Gasteiger partial charge in [-0.05, 0) is 0 Å². The first kappa shape index (κ1) is 9.42. The van der Waals surface area contributed by atoms with E-state index in [9.17, 15) is 0 Å². The standard InChI is InChI=1S/C8H8N4S2/c9-7-8(11-2-1-10-7)14-4-6-3-13-5-12-6/h1-3,5H,4H2,(H2,9,10). The summed E-state index contributed by atoms with van der Waals surface area (Å²) in [5, 5.41) is 2.78. The number of anilines is 1. The molecule has 4 nitrogen and oxygen atoms in total. The van der Waals surface area contributed by atoms with Crippen molar-refractivity contribution in [1.82, 2.24) is 15.0 Å². The Morgan fingerprint density at radius 3 is 2.86 bits per heavy atom. The predicted octanol–water partition coefficient (Wildman–Crippen LogP) is 1.81. The quantitative estimate of drug-likeness (QED) is 0.805. The minimum absolute atomic E-state index is 0.479. The van der Waals surface area contributed by atoms with Crippen LogP contribution in [-0.2, 0) is 5.75 Å². The molecule has 6 heteroatoms. The van der Waals surface area contributed by atoms with E-state index in [1.807, 2.05) is 10.9 Å². The Morgan fingerprint density at radius 1 is 1.29 bits per heavy atom. The molecule has 0 bridgehead atoms. The second kappa shape index (κ2) is 4.39. The van der Waals surface area contributed by atoms with Crippen LogP contribution in [0.4, 0.5) is 5.82 Å². The van der Waals surface area contributed by atoms with E-state index in [-0.39, 0.29) is 0 Å². The lowest BCUT2D eigenvalue weighted by Gasteiger charge is -2.00. The zero-order valence-electron chi connectivity index (χ0n) is 7.25. The highest BCUT2D eigenvalue weighted by Gasteiger charge is 2.02. The van der Waals surface area contributed by atoms with Gasteiger partial charge < -0.3 is 5.73 Å². The molecular weight excluding hydrogens is 216 g/mol. The molecule has 0 saturated heterocycles. The maximum absolute atomic E-state index is 5.65. The van der Waals surface area contributed by atoms with E-state index in [4.69, 9.17) is 5.73 Å². The highest BCUT2D eigenvalue weighted by atomic mass is 32.2. The van der Waals surface area contributed by atoms with E-state index in [0.29, 0.717) is 5.82 Å². The van der Waals surface area contributed by atoms with Crippen molar-refractivity contribution in [2.75, 3.05) is 5.73 Å². The van der Waals surface area contributed by atoms with E-state index < -0.39 is 0 Å². The average molecular weight is 224 g/mol. The first-order valence-corrected chi connectivity index (χ1v) is 5.85. The van der Waals surface area contributed by atoms with Crippen molar-refractivity contribution in [2.24, 2.45) is 0 Å². The lowest BCUT2D eigenvalue weighted by Crippen LogP contribution is -1.94. The molecule has 0 saturated carbocycles. The number of nitrogens with zero attached hydrogens (tertiary/aromatic N) is 3. The van der Waals surface area contributed by atoms with Gasteiger partial charge >= 0.3 is 0 Å². The van der Waals surface area contributed by atoms with Crippen LogP contribution >= 0.6 is 23.1 Å². The van der Waals surface area contributed by atoms with Crippen LogP contribution in [0.3, 0.4) is 0 Å². The minimum Gasteiger partial charge on any atom is -0.381 e. The third kappa shape index (κ3) is 2.21. The zero-order chi connectivity index (χ0) is 9.80. The molecule has 0 radical (unpaired) electrons. The molecule has 0 fully saturated rings. The van der Waals surface area contributed by atoms with Crippen molar-refractivity contribution in [3.63, 3.8) is 0 Å². The van der Waals surface area contributed by atoms with Gasteiger partial charge in [-0.3, -0.25) is 0 Å². The summed E-state index contributed by atoms with van der Waals surface area (Å²) in [4.78, 5) is 12.3. The Bertz CT molecular complexity index is 401. The van der Waals surface area contributed by atoms with Crippen LogP contribution in [-0.4, -0.2) is 15.0 Å². The molecule has 2 heterocycles. The SMILES string of the molecule is Nc1nccnc1SCc1cscn1. The number of rotatable bonds is 3. The molecule has 0 aromatic carbocycles. The van der Waals surface area contributed by atoms with Gasteiger partial charge in [-0.25, -0.2) is 15.0 Å². The number of nitrogens with two attached hydrogens (primary N) is 1. The lowest BCUT2D eigenvalue weighted by molar-refractivity contribution is 1.07. The Kier molecular flexibility index (Phi) is 2.95. The molecular formula is C8H8N4S2. The topological polar surface area (TPSA) is 64.7 Å². The Labute approximate surface area is 89.6 Å². The van der Waals surface area contributed by atoms with Gasteiger partial charge in [0.15, 0.2) is 5.82 Å². The third-order valence-electron chi connectivity index (χ3n) is 1.53. The van der Waals surface area contributed by atoms with E-state index in [1.165, 1.54) is 0 Å². The fourth-order valence-electron chi connectivity index (χ4n) is 0.898. The second-order valence-corrected chi connectivity index (χ2v) is 4.20. The summed E-state index contributed by atoms with van der Waals surface area (Å²) in [6, 6.07) is 0. The van der Waals surface area contributed by atoms with Crippen LogP contribution in [0.1, 0.15) is 5.69 Å². The molecule has 0 amide bonds. The van der Waals surface area contributed by atoms with E-state index in [0.717, 1.165) is 16.5 Å². The fourth-order valence-corrected chi connectivity index (χ4v) is 2.34. The average Bonchev–Trinajstić information content (AvgIpc) is 2.69. The number of thiazole rings is 1. The number of thioether (sulfide) groups is 1. The third-order valence-corrected chi connectivity index (χ3v) is 3.19. The second-order valence-electron chi connectivity index (χ2n) is 2.52. The summed E-state index contributed by atoms with van der Waals surface area (Å²) in [5.41, 5.74) is 8.51. The number of hydrogen-bond donors (Lipinski definition) is 1. The summed E-state index contributed by atoms with van der Waals surface area (Å²) in [6.45, 7) is 0. The minimum atomic E-state index is 0.479. The van der Waals surface area contributed by atoms with Crippen molar-refractivity contribution in [3.05, 3.63) is 29.0 Å². The van der Waals surface area contributed by atoms with Crippen LogP contribution in [0.15, 0.2) is 28.3 Å². The van der Waals surface area contributed by atoms with Gasteiger partial charge in [-0.1, -0.05) is 11.8 Å². The molecule has 0 spiro atoms. The normalized spacial score (nSPS) is 10.3. The molecule has 0 aliphatic heterocycles. The summed E-state index contributed by atoms with van der Waals surface area (Å²) < 4.78 is 0. The number of nitrogen functional groups attached to an aromatic ring is 1. The van der Waals surface area contributed by atoms with Gasteiger partial charge in [0.25, 0.3) is 0 Å². The zero-order valence-corrected chi connectivity index (χ0v) is 8.88. The van der Waals surface area contributed by atoms with E-state index in [1.54, 1.807) is 35.5 Å². The number of aromatic nitrogens is 3. The first-order chi connectivity index (χ1) is 6.86. The Hall–Kier alpha value is -1.14. The molecule has 2 rings (SSSR count). The van der Waals surface area contributed by atoms with Crippen molar-refractivity contribution >= 4 is 28.9 Å². The molecule has 14 heavy (non-hydrogen) atoms. The van der Waals surface area contributed by atoms with Crippen LogP contribution in [0.5, 0.6) is 0 Å². The van der Waals surface area contributed by atoms with E-state index >= 15 is 0 Å². The first-order valence-electron chi connectivity index (χ1n) is 3.92. The maximum atomic E-state index is 5.65. The van der Waals surface area contributed by atoms with Gasteiger partial charge in [0.1, 0.15) is 5.03 Å². The van der Waals surface area contributed by atoms with Crippen molar-refractivity contribution in [3.8, 4) is 0 Å². The van der Waals surface area contributed by atoms with Gasteiger partial charge in [0.05, 0.1) is 11.2 Å². The Morgan fingerprint density at radius 2 is 2.14 bits per heavy atom. The smallest absolute Gasteiger partial charge is 0.156 e. The molecule has 2 aromatic heterocycles. The van der Waals surface area contributed by atoms with Crippen LogP contribution in [0.25, 0.3) is 0 Å². The molecule has 0 aliphatic carbocycles. The molecule has 0 unspecified atom stereocenters. The summed E-state index contributed by atoms with van der Waals surface area (Å²) >= 11 is 3.14.